The summed E-state index contributed by atoms with van der Waals surface area (Å²) in [6, 6.07) is 1.85. The lowest BCUT2D eigenvalue weighted by molar-refractivity contribution is -0.144. The molecule has 18 heavy (non-hydrogen) atoms. The number of nitrogens with zero attached hydrogens (tertiary/aromatic N) is 2. The second-order valence-electron chi connectivity index (χ2n) is 4.79. The van der Waals surface area contributed by atoms with Gasteiger partial charge in [-0.25, -0.2) is 0 Å². The fraction of sp³-hybridized carbons (Fsp3) is 0.692. The molecule has 1 aromatic heterocycles. The number of nitrogens with two attached hydrogens (primary N) is 1. The van der Waals surface area contributed by atoms with Crippen LogP contribution in [0.2, 0.25) is 0 Å². The quantitative estimate of drug-likeness (QED) is 0.804. The van der Waals surface area contributed by atoms with Crippen molar-refractivity contribution in [3.05, 3.63) is 18.0 Å². The first-order chi connectivity index (χ1) is 8.70. The van der Waals surface area contributed by atoms with E-state index in [1.54, 1.807) is 6.92 Å². The van der Waals surface area contributed by atoms with Gasteiger partial charge in [-0.1, -0.05) is 12.8 Å². The van der Waals surface area contributed by atoms with Gasteiger partial charge in [-0.2, -0.15) is 5.10 Å². The van der Waals surface area contributed by atoms with Crippen LogP contribution in [0.25, 0.3) is 0 Å². The number of esters is 1. The molecule has 2 rings (SSSR count). The van der Waals surface area contributed by atoms with Gasteiger partial charge in [0.2, 0.25) is 0 Å². The van der Waals surface area contributed by atoms with Gasteiger partial charge in [0.1, 0.15) is 6.04 Å². The Labute approximate surface area is 107 Å². The molecule has 0 bridgehead atoms. The van der Waals surface area contributed by atoms with Crippen molar-refractivity contribution >= 4 is 5.97 Å². The van der Waals surface area contributed by atoms with E-state index in [2.05, 4.69) is 5.10 Å². The van der Waals surface area contributed by atoms with Crippen LogP contribution in [0.1, 0.15) is 44.3 Å². The van der Waals surface area contributed by atoms with Crippen LogP contribution in [0.3, 0.4) is 0 Å². The highest BCUT2D eigenvalue weighted by Crippen LogP contribution is 2.28. The summed E-state index contributed by atoms with van der Waals surface area (Å²) in [7, 11) is 0. The lowest BCUT2D eigenvalue weighted by Gasteiger charge is -2.10. The van der Waals surface area contributed by atoms with Gasteiger partial charge in [0, 0.05) is 12.6 Å². The summed E-state index contributed by atoms with van der Waals surface area (Å²) in [6.07, 6.45) is 7.39. The molecule has 5 nitrogen and oxygen atoms in total. The maximum atomic E-state index is 11.4. The molecule has 0 aliphatic heterocycles. The van der Waals surface area contributed by atoms with Crippen molar-refractivity contribution in [2.75, 3.05) is 6.61 Å². The largest absolute Gasteiger partial charge is 0.465 e. The van der Waals surface area contributed by atoms with Gasteiger partial charge in [0.05, 0.1) is 18.3 Å². The van der Waals surface area contributed by atoms with E-state index in [0.29, 0.717) is 19.1 Å². The van der Waals surface area contributed by atoms with Gasteiger partial charge >= 0.3 is 5.97 Å². The molecule has 0 amide bonds. The Morgan fingerprint density at radius 2 is 2.33 bits per heavy atom. The molecule has 0 radical (unpaired) electrons. The Bertz CT molecular complexity index is 397. The third-order valence-corrected chi connectivity index (χ3v) is 3.38. The van der Waals surface area contributed by atoms with Crippen molar-refractivity contribution in [3.63, 3.8) is 0 Å². The first-order valence-electron chi connectivity index (χ1n) is 6.67. The SMILES string of the molecule is CCOC(=O)C(N)Cc1ccn(C2CCCC2)n1. The summed E-state index contributed by atoms with van der Waals surface area (Å²) in [6.45, 7) is 2.14. The molecular formula is C13H21N3O2. The highest BCUT2D eigenvalue weighted by atomic mass is 16.5. The molecule has 1 unspecified atom stereocenters. The summed E-state index contributed by atoms with van der Waals surface area (Å²) in [5, 5.41) is 4.50. The second kappa shape index (κ2) is 6.00. The van der Waals surface area contributed by atoms with Gasteiger partial charge in [-0.05, 0) is 25.8 Å². The average molecular weight is 251 g/mol. The number of rotatable bonds is 5. The number of hydrogen-bond acceptors (Lipinski definition) is 4. The smallest absolute Gasteiger partial charge is 0.323 e. The maximum Gasteiger partial charge on any atom is 0.323 e. The van der Waals surface area contributed by atoms with E-state index < -0.39 is 6.04 Å². The molecule has 0 spiro atoms. The van der Waals surface area contributed by atoms with Crippen LogP contribution in [0.5, 0.6) is 0 Å². The predicted molar refractivity (Wildman–Crippen MR) is 68.0 cm³/mol. The molecule has 1 aliphatic carbocycles. The van der Waals surface area contributed by atoms with Crippen molar-refractivity contribution in [2.24, 2.45) is 5.73 Å². The molecule has 1 heterocycles. The fourth-order valence-corrected chi connectivity index (χ4v) is 2.42. The molecule has 100 valence electrons. The van der Waals surface area contributed by atoms with E-state index in [9.17, 15) is 4.79 Å². The molecule has 1 aromatic rings. The lowest BCUT2D eigenvalue weighted by atomic mass is 10.2. The Morgan fingerprint density at radius 3 is 3.00 bits per heavy atom. The Hall–Kier alpha value is -1.36. The summed E-state index contributed by atoms with van der Waals surface area (Å²) in [5.41, 5.74) is 6.64. The van der Waals surface area contributed by atoms with E-state index in [1.807, 2.05) is 16.9 Å². The lowest BCUT2D eigenvalue weighted by Crippen LogP contribution is -2.34. The number of aromatic nitrogens is 2. The molecule has 5 heteroatoms. The normalized spacial score (nSPS) is 17.9. The third-order valence-electron chi connectivity index (χ3n) is 3.38. The van der Waals surface area contributed by atoms with Crippen LogP contribution in [0, 0.1) is 0 Å². The topological polar surface area (TPSA) is 70.1 Å². The van der Waals surface area contributed by atoms with Crippen molar-refractivity contribution < 1.29 is 9.53 Å². The summed E-state index contributed by atoms with van der Waals surface area (Å²) in [5.74, 6) is -0.354. The van der Waals surface area contributed by atoms with E-state index in [0.717, 1.165) is 5.69 Å². The summed E-state index contributed by atoms with van der Waals surface area (Å²) >= 11 is 0. The zero-order chi connectivity index (χ0) is 13.0. The van der Waals surface area contributed by atoms with Crippen LogP contribution >= 0.6 is 0 Å². The minimum absolute atomic E-state index is 0.354. The number of ether oxygens (including phenoxy) is 1. The minimum Gasteiger partial charge on any atom is -0.465 e. The molecule has 2 N–H and O–H groups in total. The van der Waals surface area contributed by atoms with Crippen LogP contribution in [0.4, 0.5) is 0 Å². The van der Waals surface area contributed by atoms with Crippen LogP contribution < -0.4 is 5.73 Å². The Kier molecular flexibility index (Phi) is 4.36. The van der Waals surface area contributed by atoms with Crippen LogP contribution in [-0.2, 0) is 16.0 Å². The highest BCUT2D eigenvalue weighted by molar-refractivity contribution is 5.75. The van der Waals surface area contributed by atoms with E-state index in [4.69, 9.17) is 10.5 Å². The first kappa shape index (κ1) is 13.1. The molecule has 1 saturated carbocycles. The van der Waals surface area contributed by atoms with Gasteiger partial charge < -0.3 is 10.5 Å². The minimum atomic E-state index is -0.614. The van der Waals surface area contributed by atoms with Gasteiger partial charge in [-0.3, -0.25) is 9.48 Å². The number of carbonyl (C=O) groups is 1. The fourth-order valence-electron chi connectivity index (χ4n) is 2.42. The monoisotopic (exact) mass is 251 g/mol. The van der Waals surface area contributed by atoms with Gasteiger partial charge in [0.25, 0.3) is 0 Å². The number of carbonyl (C=O) groups excluding carboxylic acids is 1. The van der Waals surface area contributed by atoms with Gasteiger partial charge in [0.15, 0.2) is 0 Å². The zero-order valence-electron chi connectivity index (χ0n) is 10.8. The Balaban J connectivity index is 1.91. The third kappa shape index (κ3) is 3.10. The summed E-state index contributed by atoms with van der Waals surface area (Å²) in [4.78, 5) is 11.4. The molecule has 1 aliphatic rings. The Morgan fingerprint density at radius 1 is 1.61 bits per heavy atom. The summed E-state index contributed by atoms with van der Waals surface area (Å²) < 4.78 is 6.90. The molecular weight excluding hydrogens is 230 g/mol. The zero-order valence-corrected chi connectivity index (χ0v) is 10.8. The van der Waals surface area contributed by atoms with Crippen molar-refractivity contribution in [3.8, 4) is 0 Å². The second-order valence-corrected chi connectivity index (χ2v) is 4.79. The van der Waals surface area contributed by atoms with E-state index in [-0.39, 0.29) is 5.97 Å². The molecule has 1 atom stereocenters. The van der Waals surface area contributed by atoms with E-state index in [1.165, 1.54) is 25.7 Å². The van der Waals surface area contributed by atoms with Crippen molar-refractivity contribution in [1.82, 2.24) is 9.78 Å². The molecule has 1 fully saturated rings. The van der Waals surface area contributed by atoms with E-state index >= 15 is 0 Å². The maximum absolute atomic E-state index is 11.4. The molecule has 0 saturated heterocycles. The van der Waals surface area contributed by atoms with Crippen molar-refractivity contribution in [2.45, 2.75) is 51.1 Å². The predicted octanol–water partition coefficient (Wildman–Crippen LogP) is 1.43. The van der Waals surface area contributed by atoms with Crippen LogP contribution in [0.15, 0.2) is 12.3 Å². The molecule has 0 aromatic carbocycles. The van der Waals surface area contributed by atoms with Crippen molar-refractivity contribution in [1.29, 1.82) is 0 Å². The number of hydrogen-bond donors (Lipinski definition) is 1. The first-order valence-corrected chi connectivity index (χ1v) is 6.67. The van der Waals surface area contributed by atoms with Crippen LogP contribution in [-0.4, -0.2) is 28.4 Å². The standard InChI is InChI=1S/C13H21N3O2/c1-2-18-13(17)12(14)9-10-7-8-16(15-10)11-5-3-4-6-11/h7-8,11-12H,2-6,9,14H2,1H3. The highest BCUT2D eigenvalue weighted by Gasteiger charge is 2.20. The average Bonchev–Trinajstić information content (AvgIpc) is 2.98. The van der Waals surface area contributed by atoms with Gasteiger partial charge in [-0.15, -0.1) is 0 Å².